The number of ether oxygens (including phenoxy) is 1. The molecule has 0 amide bonds. The van der Waals surface area contributed by atoms with Gasteiger partial charge in [0.1, 0.15) is 5.75 Å². The highest BCUT2D eigenvalue weighted by Crippen LogP contribution is 2.44. The van der Waals surface area contributed by atoms with Crippen LogP contribution in [-0.2, 0) is 5.41 Å². The number of hydrogen-bond acceptors (Lipinski definition) is 2. The van der Waals surface area contributed by atoms with Crippen LogP contribution in [-0.4, -0.2) is 26.7 Å². The van der Waals surface area contributed by atoms with E-state index in [0.717, 1.165) is 18.7 Å². The maximum absolute atomic E-state index is 9.38. The number of nitrogens with one attached hydrogen (secondary N) is 1. The van der Waals surface area contributed by atoms with Gasteiger partial charge in [0.25, 0.3) is 0 Å². The minimum Gasteiger partial charge on any atom is -0.496 e. The third-order valence-corrected chi connectivity index (χ3v) is 5.12. The predicted molar refractivity (Wildman–Crippen MR) is 79.9 cm³/mol. The van der Waals surface area contributed by atoms with E-state index >= 15 is 0 Å². The summed E-state index contributed by atoms with van der Waals surface area (Å²) < 4.78 is 5.56. The molecule has 108 valence electrons. The van der Waals surface area contributed by atoms with Crippen LogP contribution in [0.25, 0.3) is 0 Å². The average Bonchev–Trinajstić information content (AvgIpc) is 2.45. The molecule has 1 heterocycles. The Hall–Kier alpha value is -1.53. The molecule has 0 bridgehead atoms. The summed E-state index contributed by atoms with van der Waals surface area (Å²) in [6.45, 7) is 5.66. The second-order valence-corrected chi connectivity index (χ2v) is 6.25. The van der Waals surface area contributed by atoms with E-state index in [4.69, 9.17) is 4.74 Å². The molecule has 1 aliphatic heterocycles. The van der Waals surface area contributed by atoms with Crippen molar-refractivity contribution in [3.05, 3.63) is 29.8 Å². The van der Waals surface area contributed by atoms with E-state index in [2.05, 4.69) is 39.1 Å². The molecule has 0 saturated carbocycles. The van der Waals surface area contributed by atoms with Crippen molar-refractivity contribution in [3.8, 4) is 11.8 Å². The topological polar surface area (TPSA) is 37.5 Å². The number of hydrogen-bond donors (Lipinski definition) is 1. The van der Waals surface area contributed by atoms with Gasteiger partial charge < -0.3 is 9.64 Å². The van der Waals surface area contributed by atoms with Gasteiger partial charge in [-0.2, -0.15) is 5.26 Å². The number of methoxy groups -OCH3 is 1. The minimum atomic E-state index is -0.0831. The maximum Gasteiger partial charge on any atom is 0.122 e. The monoisotopic (exact) mass is 273 g/mol. The van der Waals surface area contributed by atoms with E-state index in [1.165, 1.54) is 5.56 Å². The van der Waals surface area contributed by atoms with Crippen molar-refractivity contribution >= 4 is 0 Å². The first-order chi connectivity index (χ1) is 9.55. The molecule has 1 aromatic carbocycles. The molecule has 1 aromatic rings. The van der Waals surface area contributed by atoms with Crippen LogP contribution >= 0.6 is 0 Å². The third kappa shape index (κ3) is 2.41. The van der Waals surface area contributed by atoms with Crippen LogP contribution in [0.3, 0.4) is 0 Å². The lowest BCUT2D eigenvalue weighted by Gasteiger charge is -2.46. The highest BCUT2D eigenvalue weighted by atomic mass is 16.5. The Morgan fingerprint density at radius 1 is 1.40 bits per heavy atom. The molecule has 4 atom stereocenters. The van der Waals surface area contributed by atoms with E-state index in [-0.39, 0.29) is 5.41 Å². The number of likely N-dealkylation sites (tertiary alicyclic amines) is 1. The van der Waals surface area contributed by atoms with Crippen LogP contribution in [0, 0.1) is 17.2 Å². The SMILES string of the molecule is COc1ccccc1[C@@]1(CC#N)C[C@H](C)[NH+](C)C[C@H]1C. The van der Waals surface area contributed by atoms with Gasteiger partial charge in [0.05, 0.1) is 32.8 Å². The molecule has 3 heteroatoms. The maximum atomic E-state index is 9.38. The van der Waals surface area contributed by atoms with Crippen LogP contribution < -0.4 is 9.64 Å². The van der Waals surface area contributed by atoms with E-state index < -0.39 is 0 Å². The lowest BCUT2D eigenvalue weighted by molar-refractivity contribution is -0.915. The largest absolute Gasteiger partial charge is 0.496 e. The van der Waals surface area contributed by atoms with Gasteiger partial charge in [-0.3, -0.25) is 0 Å². The Morgan fingerprint density at radius 2 is 2.10 bits per heavy atom. The van der Waals surface area contributed by atoms with Gasteiger partial charge in [-0.1, -0.05) is 25.1 Å². The first kappa shape index (κ1) is 14.9. The molecule has 1 fully saturated rings. The van der Waals surface area contributed by atoms with Gasteiger partial charge in [0.2, 0.25) is 0 Å². The minimum absolute atomic E-state index is 0.0831. The normalized spacial score (nSPS) is 33.5. The zero-order valence-electron chi connectivity index (χ0n) is 12.9. The molecule has 0 aromatic heterocycles. The zero-order chi connectivity index (χ0) is 14.8. The average molecular weight is 273 g/mol. The van der Waals surface area contributed by atoms with Crippen molar-refractivity contribution in [1.82, 2.24) is 0 Å². The van der Waals surface area contributed by atoms with Crippen molar-refractivity contribution in [1.29, 1.82) is 5.26 Å². The lowest BCUT2D eigenvalue weighted by atomic mass is 9.63. The highest BCUT2D eigenvalue weighted by molar-refractivity contribution is 5.41. The summed E-state index contributed by atoms with van der Waals surface area (Å²) in [6, 6.07) is 11.2. The van der Waals surface area contributed by atoms with Crippen molar-refractivity contribution in [2.45, 2.75) is 38.1 Å². The standard InChI is InChI=1S/C17H24N2O/c1-13-12-19(3)14(2)11-17(13,9-10-18)15-7-5-6-8-16(15)20-4/h5-8,13-14H,9,11-12H2,1-4H3/p+1/t13-,14+,17+/m1/s1. The number of nitriles is 1. The highest BCUT2D eigenvalue weighted by Gasteiger charge is 2.47. The first-order valence-electron chi connectivity index (χ1n) is 7.38. The number of para-hydroxylation sites is 1. The van der Waals surface area contributed by atoms with Gasteiger partial charge in [-0.25, -0.2) is 0 Å². The lowest BCUT2D eigenvalue weighted by Crippen LogP contribution is -3.15. The number of rotatable bonds is 3. The Labute approximate surface area is 122 Å². The van der Waals surface area contributed by atoms with Gasteiger partial charge in [-0.15, -0.1) is 0 Å². The molecule has 2 rings (SSSR count). The van der Waals surface area contributed by atoms with E-state index in [9.17, 15) is 5.26 Å². The Bertz CT molecular complexity index is 508. The number of benzene rings is 1. The predicted octanol–water partition coefficient (Wildman–Crippen LogP) is 1.79. The number of piperidine rings is 1. The van der Waals surface area contributed by atoms with Crippen molar-refractivity contribution < 1.29 is 9.64 Å². The Balaban J connectivity index is 2.52. The summed E-state index contributed by atoms with van der Waals surface area (Å²) in [6.07, 6.45) is 1.60. The van der Waals surface area contributed by atoms with E-state index in [0.29, 0.717) is 18.4 Å². The van der Waals surface area contributed by atoms with Gasteiger partial charge in [0, 0.05) is 29.7 Å². The molecule has 1 unspecified atom stereocenters. The van der Waals surface area contributed by atoms with Gasteiger partial charge >= 0.3 is 0 Å². The summed E-state index contributed by atoms with van der Waals surface area (Å²) in [5, 5.41) is 9.38. The van der Waals surface area contributed by atoms with Crippen molar-refractivity contribution in [3.63, 3.8) is 0 Å². The number of nitrogens with zero attached hydrogens (tertiary/aromatic N) is 1. The van der Waals surface area contributed by atoms with Crippen LogP contribution in [0.15, 0.2) is 24.3 Å². The van der Waals surface area contributed by atoms with Crippen LogP contribution in [0.4, 0.5) is 0 Å². The van der Waals surface area contributed by atoms with Gasteiger partial charge in [-0.05, 0) is 13.0 Å². The zero-order valence-corrected chi connectivity index (χ0v) is 12.9. The number of quaternary nitrogens is 1. The Kier molecular flexibility index (Phi) is 4.35. The van der Waals surface area contributed by atoms with Crippen LogP contribution in [0.2, 0.25) is 0 Å². The van der Waals surface area contributed by atoms with Crippen molar-refractivity contribution in [2.24, 2.45) is 5.92 Å². The van der Waals surface area contributed by atoms with Gasteiger partial charge in [0.15, 0.2) is 0 Å². The van der Waals surface area contributed by atoms with Crippen molar-refractivity contribution in [2.75, 3.05) is 20.7 Å². The molecule has 3 nitrogen and oxygen atoms in total. The van der Waals surface area contributed by atoms with E-state index in [1.54, 1.807) is 12.0 Å². The molecular formula is C17H25N2O+. The van der Waals surface area contributed by atoms with Crippen LogP contribution in [0.1, 0.15) is 32.3 Å². The quantitative estimate of drug-likeness (QED) is 0.911. The molecule has 1 aliphatic rings. The fourth-order valence-corrected chi connectivity index (χ4v) is 3.72. The summed E-state index contributed by atoms with van der Waals surface area (Å²) in [5.74, 6) is 1.39. The second kappa shape index (κ2) is 5.85. The molecule has 1 saturated heterocycles. The molecule has 1 N–H and O–H groups in total. The summed E-state index contributed by atoms with van der Waals surface area (Å²) in [4.78, 5) is 1.56. The molecule has 0 radical (unpaired) electrons. The third-order valence-electron chi connectivity index (χ3n) is 5.12. The fraction of sp³-hybridized carbons (Fsp3) is 0.588. The first-order valence-corrected chi connectivity index (χ1v) is 7.38. The fourth-order valence-electron chi connectivity index (χ4n) is 3.72. The molecular weight excluding hydrogens is 248 g/mol. The second-order valence-electron chi connectivity index (χ2n) is 6.25. The van der Waals surface area contributed by atoms with E-state index in [1.807, 2.05) is 12.1 Å². The summed E-state index contributed by atoms with van der Waals surface area (Å²) in [7, 11) is 3.97. The Morgan fingerprint density at radius 3 is 2.75 bits per heavy atom. The summed E-state index contributed by atoms with van der Waals surface area (Å²) in [5.41, 5.74) is 1.12. The molecule has 0 aliphatic carbocycles. The molecule has 0 spiro atoms. The smallest absolute Gasteiger partial charge is 0.122 e. The van der Waals surface area contributed by atoms with Crippen LogP contribution in [0.5, 0.6) is 5.75 Å². The molecule has 20 heavy (non-hydrogen) atoms. The summed E-state index contributed by atoms with van der Waals surface area (Å²) >= 11 is 0.